The summed E-state index contributed by atoms with van der Waals surface area (Å²) in [6.45, 7) is 2.51. The van der Waals surface area contributed by atoms with Crippen molar-refractivity contribution in [2.24, 2.45) is 0 Å². The molecule has 1 N–H and O–H groups in total. The van der Waals surface area contributed by atoms with Crippen LogP contribution < -0.4 is 5.32 Å². The Morgan fingerprint density at radius 3 is 3.14 bits per heavy atom. The van der Waals surface area contributed by atoms with Crippen molar-refractivity contribution in [3.05, 3.63) is 35.8 Å². The van der Waals surface area contributed by atoms with Crippen LogP contribution in [0.1, 0.15) is 11.3 Å². The molecule has 1 fully saturated rings. The minimum atomic E-state index is -0.154. The molecule has 2 aromatic rings. The molecule has 21 heavy (non-hydrogen) atoms. The Morgan fingerprint density at radius 1 is 1.52 bits per heavy atom. The van der Waals surface area contributed by atoms with E-state index in [1.54, 1.807) is 4.90 Å². The smallest absolute Gasteiger partial charge is 0.239 e. The second-order valence-corrected chi connectivity index (χ2v) is 6.00. The Labute approximate surface area is 126 Å². The summed E-state index contributed by atoms with van der Waals surface area (Å²) in [4.78, 5) is 29.3. The zero-order chi connectivity index (χ0) is 14.8. The number of thioether (sulfide) groups is 1. The number of carbonyl (C=O) groups is 2. The van der Waals surface area contributed by atoms with Crippen molar-refractivity contribution in [1.29, 1.82) is 0 Å². The first-order valence-corrected chi connectivity index (χ1v) is 7.84. The predicted octanol–water partition coefficient (Wildman–Crippen LogP) is 0.792. The highest BCUT2D eigenvalue weighted by molar-refractivity contribution is 8.00. The van der Waals surface area contributed by atoms with Crippen molar-refractivity contribution in [1.82, 2.24) is 19.6 Å². The number of hydrogen-bond donors (Lipinski definition) is 1. The third-order valence-corrected chi connectivity index (χ3v) is 4.24. The van der Waals surface area contributed by atoms with Crippen LogP contribution in [0.5, 0.6) is 0 Å². The summed E-state index contributed by atoms with van der Waals surface area (Å²) in [6.07, 6.45) is 3.84. The molecule has 0 spiro atoms. The molecule has 0 unspecified atom stereocenters. The second kappa shape index (κ2) is 5.77. The highest BCUT2D eigenvalue weighted by atomic mass is 32.2. The Bertz CT molecular complexity index is 697. The number of rotatable bonds is 4. The maximum absolute atomic E-state index is 11.8. The van der Waals surface area contributed by atoms with Crippen molar-refractivity contribution in [2.45, 2.75) is 13.5 Å². The Morgan fingerprint density at radius 2 is 2.38 bits per heavy atom. The van der Waals surface area contributed by atoms with E-state index >= 15 is 0 Å². The lowest BCUT2D eigenvalue weighted by atomic mass is 10.3. The first-order chi connectivity index (χ1) is 10.1. The van der Waals surface area contributed by atoms with Crippen LogP contribution in [0.3, 0.4) is 0 Å². The van der Waals surface area contributed by atoms with Gasteiger partial charge in [0, 0.05) is 12.4 Å². The van der Waals surface area contributed by atoms with Crippen LogP contribution in [0, 0.1) is 6.92 Å². The van der Waals surface area contributed by atoms with Crippen molar-refractivity contribution < 1.29 is 9.59 Å². The van der Waals surface area contributed by atoms with E-state index in [2.05, 4.69) is 10.3 Å². The molecule has 3 rings (SSSR count). The van der Waals surface area contributed by atoms with Crippen molar-refractivity contribution in [2.75, 3.05) is 18.2 Å². The summed E-state index contributed by atoms with van der Waals surface area (Å²) < 4.78 is 1.93. The van der Waals surface area contributed by atoms with Crippen molar-refractivity contribution >= 4 is 29.2 Å². The second-order valence-electron chi connectivity index (χ2n) is 5.05. The van der Waals surface area contributed by atoms with Gasteiger partial charge < -0.3 is 14.6 Å². The highest BCUT2D eigenvalue weighted by Crippen LogP contribution is 2.14. The summed E-state index contributed by atoms with van der Waals surface area (Å²) in [5.41, 5.74) is 2.81. The van der Waals surface area contributed by atoms with Crippen molar-refractivity contribution in [3.8, 4) is 0 Å². The number of amides is 2. The fraction of sp³-hybridized carbons (Fsp3) is 0.357. The number of fused-ring (bicyclic) bond motifs is 1. The van der Waals surface area contributed by atoms with E-state index < -0.39 is 0 Å². The minimum absolute atomic E-state index is 0.0263. The fourth-order valence-corrected chi connectivity index (χ4v) is 3.08. The lowest BCUT2D eigenvalue weighted by Gasteiger charge is -2.13. The van der Waals surface area contributed by atoms with Crippen LogP contribution >= 0.6 is 11.8 Å². The standard InChI is InChI=1S/C14H16N4O2S/c1-10-2-3-17-6-11(16-12(17)4-10)5-15-13(19)7-18-9-21-8-14(18)20/h2-4,6H,5,7-9H2,1H3,(H,15,19). The Balaban J connectivity index is 1.58. The third kappa shape index (κ3) is 3.18. The molecule has 110 valence electrons. The van der Waals surface area contributed by atoms with Crippen LogP contribution in [0.4, 0.5) is 0 Å². The van der Waals surface area contributed by atoms with E-state index in [1.165, 1.54) is 11.8 Å². The van der Waals surface area contributed by atoms with Crippen LogP contribution in [-0.2, 0) is 16.1 Å². The zero-order valence-corrected chi connectivity index (χ0v) is 12.5. The van der Waals surface area contributed by atoms with Crippen molar-refractivity contribution in [3.63, 3.8) is 0 Å². The molecule has 3 heterocycles. The molecule has 2 aromatic heterocycles. The van der Waals surface area contributed by atoms with Gasteiger partial charge in [-0.2, -0.15) is 0 Å². The molecule has 0 aromatic carbocycles. The Kier molecular flexibility index (Phi) is 3.83. The van der Waals surface area contributed by atoms with E-state index in [1.807, 2.05) is 35.9 Å². The van der Waals surface area contributed by atoms with E-state index in [0.717, 1.165) is 16.9 Å². The number of hydrogen-bond acceptors (Lipinski definition) is 4. The van der Waals surface area contributed by atoms with E-state index in [4.69, 9.17) is 0 Å². The first-order valence-electron chi connectivity index (χ1n) is 6.68. The lowest BCUT2D eigenvalue weighted by Crippen LogP contribution is -2.37. The van der Waals surface area contributed by atoms with Gasteiger partial charge in [-0.15, -0.1) is 11.8 Å². The molecular weight excluding hydrogens is 288 g/mol. The molecule has 0 aliphatic carbocycles. The number of carbonyl (C=O) groups excluding carboxylic acids is 2. The number of nitrogens with one attached hydrogen (secondary N) is 1. The molecule has 0 bridgehead atoms. The van der Waals surface area contributed by atoms with Gasteiger partial charge in [0.2, 0.25) is 11.8 Å². The summed E-state index contributed by atoms with van der Waals surface area (Å²) in [6, 6.07) is 4.00. The number of pyridine rings is 1. The molecule has 1 aliphatic heterocycles. The monoisotopic (exact) mass is 304 g/mol. The van der Waals surface area contributed by atoms with Crippen LogP contribution in [0.25, 0.3) is 5.65 Å². The topological polar surface area (TPSA) is 66.7 Å². The number of aromatic nitrogens is 2. The Hall–Kier alpha value is -2.02. The average Bonchev–Trinajstić information content (AvgIpc) is 3.02. The normalized spacial score (nSPS) is 14.9. The molecule has 1 aliphatic rings. The van der Waals surface area contributed by atoms with Gasteiger partial charge in [-0.3, -0.25) is 9.59 Å². The molecule has 7 heteroatoms. The average molecular weight is 304 g/mol. The van der Waals surface area contributed by atoms with Gasteiger partial charge in [-0.05, 0) is 24.6 Å². The maximum atomic E-state index is 11.8. The third-order valence-electron chi connectivity index (χ3n) is 3.29. The summed E-state index contributed by atoms with van der Waals surface area (Å²) >= 11 is 1.53. The number of imidazole rings is 1. The van der Waals surface area contributed by atoms with Crippen LogP contribution in [-0.4, -0.2) is 44.3 Å². The van der Waals surface area contributed by atoms with Gasteiger partial charge in [0.25, 0.3) is 0 Å². The molecule has 1 saturated heterocycles. The largest absolute Gasteiger partial charge is 0.349 e. The molecular formula is C14H16N4O2S. The fourth-order valence-electron chi connectivity index (χ4n) is 2.18. The summed E-state index contributed by atoms with van der Waals surface area (Å²) in [7, 11) is 0. The van der Waals surface area contributed by atoms with E-state index in [-0.39, 0.29) is 18.4 Å². The highest BCUT2D eigenvalue weighted by Gasteiger charge is 2.22. The number of nitrogens with zero attached hydrogens (tertiary/aromatic N) is 3. The quantitative estimate of drug-likeness (QED) is 0.907. The molecule has 6 nitrogen and oxygen atoms in total. The lowest BCUT2D eigenvalue weighted by molar-refractivity contribution is -0.132. The first kappa shape index (κ1) is 13.9. The molecule has 2 amide bonds. The van der Waals surface area contributed by atoms with Gasteiger partial charge >= 0.3 is 0 Å². The summed E-state index contributed by atoms with van der Waals surface area (Å²) in [5, 5.41) is 2.80. The van der Waals surface area contributed by atoms with Gasteiger partial charge in [-0.25, -0.2) is 4.98 Å². The van der Waals surface area contributed by atoms with Gasteiger partial charge in [0.1, 0.15) is 12.2 Å². The minimum Gasteiger partial charge on any atom is -0.349 e. The molecule has 0 atom stereocenters. The van der Waals surface area contributed by atoms with E-state index in [9.17, 15) is 9.59 Å². The van der Waals surface area contributed by atoms with Gasteiger partial charge in [0.05, 0.1) is 23.9 Å². The number of aryl methyl sites for hydroxylation is 1. The molecule has 0 saturated carbocycles. The predicted molar refractivity (Wildman–Crippen MR) is 80.8 cm³/mol. The summed E-state index contributed by atoms with van der Waals surface area (Å²) in [5.74, 6) is 0.941. The van der Waals surface area contributed by atoms with Crippen LogP contribution in [0.2, 0.25) is 0 Å². The van der Waals surface area contributed by atoms with Gasteiger partial charge in [-0.1, -0.05) is 0 Å². The zero-order valence-electron chi connectivity index (χ0n) is 11.7. The maximum Gasteiger partial charge on any atom is 0.239 e. The van der Waals surface area contributed by atoms with Crippen LogP contribution in [0.15, 0.2) is 24.5 Å². The van der Waals surface area contributed by atoms with E-state index in [0.29, 0.717) is 18.2 Å². The van der Waals surface area contributed by atoms with Gasteiger partial charge in [0.15, 0.2) is 0 Å². The molecule has 0 radical (unpaired) electrons. The SMILES string of the molecule is Cc1ccn2cc(CNC(=O)CN3CSCC3=O)nc2c1.